The Morgan fingerprint density at radius 2 is 1.81 bits per heavy atom. The van der Waals surface area contributed by atoms with E-state index in [0.29, 0.717) is 27.0 Å². The van der Waals surface area contributed by atoms with Gasteiger partial charge in [-0.05, 0) is 42.8 Å². The molecule has 0 fully saturated rings. The molecule has 0 aliphatic carbocycles. The lowest BCUT2D eigenvalue weighted by Gasteiger charge is -2.07. The molecule has 7 nitrogen and oxygen atoms in total. The first kappa shape index (κ1) is 22.4. The number of benzene rings is 2. The number of rotatable bonds is 6. The standard InChI is InChI=1S/C22H19Cl2N3O4/c1-14-21(22(30)27(26(14)2)16-6-4-3-5-7-16)25-19(28)13-31-20(29)11-9-15-8-10-17(23)18(24)12-15/h3-12H,13H2,1-2H3,(H,25,28)/b11-9+. The lowest BCUT2D eigenvalue weighted by Crippen LogP contribution is -2.25. The third kappa shape index (κ3) is 5.25. The fourth-order valence-electron chi connectivity index (χ4n) is 2.85. The van der Waals surface area contributed by atoms with E-state index in [4.69, 9.17) is 27.9 Å². The molecule has 0 aliphatic heterocycles. The molecular weight excluding hydrogens is 441 g/mol. The molecule has 0 saturated heterocycles. The summed E-state index contributed by atoms with van der Waals surface area (Å²) in [5.74, 6) is -1.34. The Bertz CT molecular complexity index is 1210. The Morgan fingerprint density at radius 1 is 1.10 bits per heavy atom. The van der Waals surface area contributed by atoms with Crippen LogP contribution in [0.15, 0.2) is 59.4 Å². The first-order chi connectivity index (χ1) is 14.8. The summed E-state index contributed by atoms with van der Waals surface area (Å²) in [5.41, 5.74) is 1.62. The fraction of sp³-hybridized carbons (Fsp3) is 0.136. The first-order valence-electron chi connectivity index (χ1n) is 9.21. The topological polar surface area (TPSA) is 82.3 Å². The number of carbonyl (C=O) groups excluding carboxylic acids is 2. The van der Waals surface area contributed by atoms with Gasteiger partial charge in [0.1, 0.15) is 5.69 Å². The van der Waals surface area contributed by atoms with Gasteiger partial charge in [0.2, 0.25) is 0 Å². The minimum absolute atomic E-state index is 0.124. The zero-order valence-electron chi connectivity index (χ0n) is 16.8. The van der Waals surface area contributed by atoms with Crippen molar-refractivity contribution in [3.63, 3.8) is 0 Å². The van der Waals surface area contributed by atoms with E-state index in [9.17, 15) is 14.4 Å². The number of halogens is 2. The van der Waals surface area contributed by atoms with Crippen LogP contribution in [-0.2, 0) is 21.4 Å². The number of hydrogen-bond acceptors (Lipinski definition) is 4. The van der Waals surface area contributed by atoms with E-state index in [1.54, 1.807) is 49.0 Å². The zero-order chi connectivity index (χ0) is 22.5. The van der Waals surface area contributed by atoms with Gasteiger partial charge in [0.25, 0.3) is 11.5 Å². The largest absolute Gasteiger partial charge is 0.452 e. The molecule has 160 valence electrons. The number of aromatic nitrogens is 2. The fourth-order valence-corrected chi connectivity index (χ4v) is 3.16. The molecular formula is C22H19Cl2N3O4. The van der Waals surface area contributed by atoms with Gasteiger partial charge in [0.15, 0.2) is 6.61 Å². The number of nitrogens with zero attached hydrogens (tertiary/aromatic N) is 2. The first-order valence-corrected chi connectivity index (χ1v) is 9.97. The summed E-state index contributed by atoms with van der Waals surface area (Å²) in [6, 6.07) is 13.9. The minimum atomic E-state index is -0.715. The number of para-hydroxylation sites is 1. The van der Waals surface area contributed by atoms with Gasteiger partial charge in [-0.25, -0.2) is 9.48 Å². The molecule has 0 atom stereocenters. The summed E-state index contributed by atoms with van der Waals surface area (Å²) in [6.45, 7) is 1.17. The quantitative estimate of drug-likeness (QED) is 0.446. The molecule has 0 bridgehead atoms. The molecule has 1 heterocycles. The van der Waals surface area contributed by atoms with Crippen LogP contribution in [0.4, 0.5) is 5.69 Å². The van der Waals surface area contributed by atoms with Crippen LogP contribution in [0, 0.1) is 6.92 Å². The van der Waals surface area contributed by atoms with E-state index in [0.717, 1.165) is 0 Å². The highest BCUT2D eigenvalue weighted by Gasteiger charge is 2.18. The molecule has 1 amide bonds. The van der Waals surface area contributed by atoms with E-state index < -0.39 is 18.5 Å². The Morgan fingerprint density at radius 3 is 2.48 bits per heavy atom. The second-order valence-corrected chi connectivity index (χ2v) is 7.41. The van der Waals surface area contributed by atoms with Crippen molar-refractivity contribution in [3.05, 3.63) is 86.3 Å². The maximum Gasteiger partial charge on any atom is 0.331 e. The van der Waals surface area contributed by atoms with Crippen LogP contribution in [0.5, 0.6) is 0 Å². The third-order valence-corrected chi connectivity index (χ3v) is 5.26. The van der Waals surface area contributed by atoms with Crippen LogP contribution >= 0.6 is 23.2 Å². The number of amides is 1. The van der Waals surface area contributed by atoms with Crippen LogP contribution in [0.1, 0.15) is 11.3 Å². The molecule has 0 spiro atoms. The van der Waals surface area contributed by atoms with Crippen LogP contribution in [0.2, 0.25) is 10.0 Å². The van der Waals surface area contributed by atoms with Gasteiger partial charge in [0.05, 0.1) is 21.4 Å². The summed E-state index contributed by atoms with van der Waals surface area (Å²) in [7, 11) is 1.72. The van der Waals surface area contributed by atoms with E-state index in [1.807, 2.05) is 18.2 Å². The van der Waals surface area contributed by atoms with Crippen LogP contribution < -0.4 is 10.9 Å². The maximum atomic E-state index is 12.8. The van der Waals surface area contributed by atoms with Crippen LogP contribution in [-0.4, -0.2) is 27.8 Å². The molecule has 9 heteroatoms. The predicted octanol–water partition coefficient (Wildman–Crippen LogP) is 3.99. The molecule has 0 radical (unpaired) electrons. The highest BCUT2D eigenvalue weighted by molar-refractivity contribution is 6.42. The summed E-state index contributed by atoms with van der Waals surface area (Å²) in [6.07, 6.45) is 2.66. The van der Waals surface area contributed by atoms with Gasteiger partial charge in [0, 0.05) is 13.1 Å². The van der Waals surface area contributed by atoms with Crippen molar-refractivity contribution in [1.29, 1.82) is 0 Å². The highest BCUT2D eigenvalue weighted by atomic mass is 35.5. The second kappa shape index (κ2) is 9.68. The Kier molecular flexibility index (Phi) is 6.99. The lowest BCUT2D eigenvalue weighted by atomic mass is 10.2. The van der Waals surface area contributed by atoms with Crippen molar-refractivity contribution < 1.29 is 14.3 Å². The molecule has 1 aromatic heterocycles. The van der Waals surface area contributed by atoms with E-state index in [-0.39, 0.29) is 11.2 Å². The number of hydrogen-bond donors (Lipinski definition) is 1. The van der Waals surface area contributed by atoms with E-state index in [2.05, 4.69) is 5.32 Å². The van der Waals surface area contributed by atoms with Gasteiger partial charge in [-0.2, -0.15) is 0 Å². The Labute approximate surface area is 188 Å². The molecule has 0 saturated carbocycles. The molecule has 1 N–H and O–H groups in total. The van der Waals surface area contributed by atoms with Gasteiger partial charge >= 0.3 is 5.97 Å². The number of carbonyl (C=O) groups is 2. The van der Waals surface area contributed by atoms with Gasteiger partial charge in [-0.3, -0.25) is 14.3 Å². The van der Waals surface area contributed by atoms with Crippen molar-refractivity contribution in [1.82, 2.24) is 9.36 Å². The smallest absolute Gasteiger partial charge is 0.331 e. The Hall–Kier alpha value is -3.29. The van der Waals surface area contributed by atoms with E-state index >= 15 is 0 Å². The van der Waals surface area contributed by atoms with Crippen LogP contribution in [0.25, 0.3) is 11.8 Å². The van der Waals surface area contributed by atoms with Crippen LogP contribution in [0.3, 0.4) is 0 Å². The molecule has 0 aliphatic rings. The second-order valence-electron chi connectivity index (χ2n) is 6.60. The third-order valence-electron chi connectivity index (χ3n) is 4.52. The molecule has 3 aromatic rings. The normalized spacial score (nSPS) is 11.0. The average Bonchev–Trinajstić information content (AvgIpc) is 2.96. The van der Waals surface area contributed by atoms with Gasteiger partial charge < -0.3 is 10.1 Å². The molecule has 0 unspecified atom stereocenters. The number of esters is 1. The van der Waals surface area contributed by atoms with Crippen molar-refractivity contribution in [2.24, 2.45) is 7.05 Å². The van der Waals surface area contributed by atoms with Crippen molar-refractivity contribution >= 4 is 46.8 Å². The monoisotopic (exact) mass is 459 g/mol. The zero-order valence-corrected chi connectivity index (χ0v) is 18.3. The average molecular weight is 460 g/mol. The summed E-state index contributed by atoms with van der Waals surface area (Å²) >= 11 is 11.8. The highest BCUT2D eigenvalue weighted by Crippen LogP contribution is 2.23. The molecule has 3 rings (SSSR count). The molecule has 2 aromatic carbocycles. The number of anilines is 1. The van der Waals surface area contributed by atoms with E-state index in [1.165, 1.54) is 16.8 Å². The summed E-state index contributed by atoms with van der Waals surface area (Å²) in [4.78, 5) is 36.9. The van der Waals surface area contributed by atoms with Crippen molar-refractivity contribution in [2.75, 3.05) is 11.9 Å². The van der Waals surface area contributed by atoms with Crippen molar-refractivity contribution in [3.8, 4) is 5.69 Å². The summed E-state index contributed by atoms with van der Waals surface area (Å²) in [5, 5.41) is 3.29. The van der Waals surface area contributed by atoms with Gasteiger partial charge in [-0.1, -0.05) is 47.5 Å². The number of nitrogens with one attached hydrogen (secondary N) is 1. The lowest BCUT2D eigenvalue weighted by molar-refractivity contribution is -0.142. The predicted molar refractivity (Wildman–Crippen MR) is 121 cm³/mol. The molecule has 31 heavy (non-hydrogen) atoms. The SMILES string of the molecule is Cc1c(NC(=O)COC(=O)/C=C/c2ccc(Cl)c(Cl)c2)c(=O)n(-c2ccccc2)n1C. The van der Waals surface area contributed by atoms with Crippen molar-refractivity contribution in [2.45, 2.75) is 6.92 Å². The maximum absolute atomic E-state index is 12.8. The Balaban J connectivity index is 1.63. The minimum Gasteiger partial charge on any atom is -0.452 e. The van der Waals surface area contributed by atoms with Gasteiger partial charge in [-0.15, -0.1) is 0 Å². The number of ether oxygens (including phenoxy) is 1. The summed E-state index contributed by atoms with van der Waals surface area (Å²) < 4.78 is 8.02.